The summed E-state index contributed by atoms with van der Waals surface area (Å²) in [6, 6.07) is 10.6. The molecule has 26 heavy (non-hydrogen) atoms. The molecule has 0 saturated carbocycles. The van der Waals surface area contributed by atoms with Gasteiger partial charge in [-0.2, -0.15) is 0 Å². The molecule has 0 bridgehead atoms. The summed E-state index contributed by atoms with van der Waals surface area (Å²) in [5.41, 5.74) is 1.40. The molecule has 7 nitrogen and oxygen atoms in total. The fourth-order valence-electron chi connectivity index (χ4n) is 2.49. The largest absolute Gasteiger partial charge is 0.468 e. The van der Waals surface area contributed by atoms with Crippen molar-refractivity contribution in [1.82, 2.24) is 15.1 Å². The first-order chi connectivity index (χ1) is 12.4. The quantitative estimate of drug-likeness (QED) is 0.796. The number of benzene rings is 1. The molecule has 140 valence electrons. The maximum atomic E-state index is 12.3. The Morgan fingerprint density at radius 3 is 2.42 bits per heavy atom. The summed E-state index contributed by atoms with van der Waals surface area (Å²) in [5.74, 6) is 0.762. The lowest BCUT2D eigenvalue weighted by Gasteiger charge is -2.22. The van der Waals surface area contributed by atoms with E-state index in [1.54, 1.807) is 26.4 Å². The van der Waals surface area contributed by atoms with Crippen molar-refractivity contribution in [3.63, 3.8) is 0 Å². The van der Waals surface area contributed by atoms with Gasteiger partial charge in [-0.1, -0.05) is 18.2 Å². The van der Waals surface area contributed by atoms with Crippen LogP contribution in [0.25, 0.3) is 0 Å². The average Bonchev–Trinajstić information content (AvgIpc) is 3.10. The summed E-state index contributed by atoms with van der Waals surface area (Å²) in [6.07, 6.45) is 1.85. The number of rotatable bonds is 7. The van der Waals surface area contributed by atoms with Crippen molar-refractivity contribution in [1.29, 1.82) is 0 Å². The Hall–Kier alpha value is -2.80. The Bertz CT molecular complexity index is 726. The number of furan rings is 1. The van der Waals surface area contributed by atoms with Crippen molar-refractivity contribution in [3.05, 3.63) is 54.0 Å². The van der Waals surface area contributed by atoms with Gasteiger partial charge in [-0.25, -0.2) is 4.79 Å². The van der Waals surface area contributed by atoms with Gasteiger partial charge in [0.15, 0.2) is 0 Å². The number of anilines is 1. The molecule has 1 aromatic heterocycles. The Balaban J connectivity index is 1.98. The Morgan fingerprint density at radius 1 is 1.08 bits per heavy atom. The van der Waals surface area contributed by atoms with Crippen LogP contribution in [0.3, 0.4) is 0 Å². The van der Waals surface area contributed by atoms with Gasteiger partial charge in [0.05, 0.1) is 18.7 Å². The fourth-order valence-corrected chi connectivity index (χ4v) is 2.49. The van der Waals surface area contributed by atoms with Gasteiger partial charge < -0.3 is 20.0 Å². The molecule has 2 rings (SSSR count). The molecule has 2 N–H and O–H groups in total. The first-order valence-electron chi connectivity index (χ1n) is 8.41. The van der Waals surface area contributed by atoms with E-state index in [1.165, 1.54) is 4.90 Å². The Labute approximate surface area is 154 Å². The number of nitrogens with zero attached hydrogens (tertiary/aromatic N) is 2. The molecule has 0 fully saturated rings. The molecule has 1 aromatic carbocycles. The van der Waals surface area contributed by atoms with Gasteiger partial charge in [-0.15, -0.1) is 0 Å². The summed E-state index contributed by atoms with van der Waals surface area (Å²) in [6.45, 7) is 0.394. The van der Waals surface area contributed by atoms with E-state index < -0.39 is 0 Å². The van der Waals surface area contributed by atoms with Crippen LogP contribution in [0, 0.1) is 0 Å². The van der Waals surface area contributed by atoms with E-state index in [9.17, 15) is 9.59 Å². The van der Waals surface area contributed by atoms with Crippen molar-refractivity contribution in [2.24, 2.45) is 0 Å². The van der Waals surface area contributed by atoms with Gasteiger partial charge in [-0.3, -0.25) is 9.69 Å². The van der Waals surface area contributed by atoms with Crippen molar-refractivity contribution >= 4 is 17.6 Å². The predicted molar refractivity (Wildman–Crippen MR) is 101 cm³/mol. The third-order valence-electron chi connectivity index (χ3n) is 4.06. The number of hydrogen-bond donors (Lipinski definition) is 2. The summed E-state index contributed by atoms with van der Waals surface area (Å²) < 4.78 is 5.44. The van der Waals surface area contributed by atoms with Crippen molar-refractivity contribution in [2.75, 3.05) is 40.1 Å². The smallest absolute Gasteiger partial charge is 0.319 e. The van der Waals surface area contributed by atoms with Crippen LogP contribution in [0.1, 0.15) is 17.4 Å². The SMILES string of the molecule is CN(C)C(=O)Cc1ccccc1NC(=O)NCC(c1ccco1)N(C)C. The van der Waals surface area contributed by atoms with E-state index in [2.05, 4.69) is 10.6 Å². The number of carbonyl (C=O) groups excluding carboxylic acids is 2. The topological polar surface area (TPSA) is 77.8 Å². The highest BCUT2D eigenvalue weighted by molar-refractivity contribution is 5.91. The third kappa shape index (κ3) is 5.35. The molecule has 1 atom stereocenters. The number of amides is 3. The van der Waals surface area contributed by atoms with Gasteiger partial charge >= 0.3 is 6.03 Å². The van der Waals surface area contributed by atoms with Gasteiger partial charge in [0.1, 0.15) is 5.76 Å². The fraction of sp³-hybridized carbons (Fsp3) is 0.368. The minimum Gasteiger partial charge on any atom is -0.468 e. The first kappa shape index (κ1) is 19.5. The van der Waals surface area contributed by atoms with Crippen LogP contribution < -0.4 is 10.6 Å². The molecule has 0 radical (unpaired) electrons. The second-order valence-corrected chi connectivity index (χ2v) is 6.45. The van der Waals surface area contributed by atoms with Crippen molar-refractivity contribution < 1.29 is 14.0 Å². The zero-order chi connectivity index (χ0) is 19.1. The molecule has 0 saturated heterocycles. The molecular formula is C19H26N4O3. The standard InChI is InChI=1S/C19H26N4O3/c1-22(2)16(17-10-7-11-26-17)13-20-19(25)21-15-9-6-5-8-14(15)12-18(24)23(3)4/h5-11,16H,12-13H2,1-4H3,(H2,20,21,25). The Kier molecular flexibility index (Phi) is 6.80. The molecule has 2 aromatic rings. The molecule has 1 heterocycles. The Morgan fingerprint density at radius 2 is 1.81 bits per heavy atom. The highest BCUT2D eigenvalue weighted by Crippen LogP contribution is 2.18. The van der Waals surface area contributed by atoms with Gasteiger partial charge in [-0.05, 0) is 37.9 Å². The number of hydrogen-bond acceptors (Lipinski definition) is 4. The molecule has 0 aliphatic heterocycles. The monoisotopic (exact) mass is 358 g/mol. The molecule has 3 amide bonds. The van der Waals surface area contributed by atoms with Crippen LogP contribution in [-0.2, 0) is 11.2 Å². The van der Waals surface area contributed by atoms with E-state index in [4.69, 9.17) is 4.42 Å². The van der Waals surface area contributed by atoms with Gasteiger partial charge in [0, 0.05) is 26.3 Å². The lowest BCUT2D eigenvalue weighted by atomic mass is 10.1. The number of para-hydroxylation sites is 1. The number of nitrogens with one attached hydrogen (secondary N) is 2. The molecule has 0 aliphatic rings. The van der Waals surface area contributed by atoms with Crippen LogP contribution in [0.2, 0.25) is 0 Å². The maximum Gasteiger partial charge on any atom is 0.319 e. The van der Waals surface area contributed by atoms with E-state index in [1.807, 2.05) is 49.3 Å². The first-order valence-corrected chi connectivity index (χ1v) is 8.41. The lowest BCUT2D eigenvalue weighted by Crippen LogP contribution is -2.37. The summed E-state index contributed by atoms with van der Waals surface area (Å²) in [5, 5.41) is 5.68. The minimum atomic E-state index is -0.326. The summed E-state index contributed by atoms with van der Waals surface area (Å²) in [7, 11) is 7.27. The molecule has 0 aliphatic carbocycles. The molecule has 1 unspecified atom stereocenters. The highest BCUT2D eigenvalue weighted by Gasteiger charge is 2.18. The van der Waals surface area contributed by atoms with Crippen molar-refractivity contribution in [2.45, 2.75) is 12.5 Å². The number of carbonyl (C=O) groups is 2. The van der Waals surface area contributed by atoms with Crippen LogP contribution in [0.5, 0.6) is 0 Å². The number of urea groups is 1. The van der Waals surface area contributed by atoms with Gasteiger partial charge in [0.25, 0.3) is 0 Å². The van der Waals surface area contributed by atoms with E-state index in [0.717, 1.165) is 11.3 Å². The van der Waals surface area contributed by atoms with Gasteiger partial charge in [0.2, 0.25) is 5.91 Å². The molecule has 0 spiro atoms. The second-order valence-electron chi connectivity index (χ2n) is 6.45. The second kappa shape index (κ2) is 9.05. The zero-order valence-corrected chi connectivity index (χ0v) is 15.7. The highest BCUT2D eigenvalue weighted by atomic mass is 16.3. The lowest BCUT2D eigenvalue weighted by molar-refractivity contribution is -0.127. The molecular weight excluding hydrogens is 332 g/mol. The zero-order valence-electron chi connectivity index (χ0n) is 15.7. The average molecular weight is 358 g/mol. The van der Waals surface area contributed by atoms with Crippen LogP contribution in [0.4, 0.5) is 10.5 Å². The van der Waals surface area contributed by atoms with Crippen LogP contribution in [-0.4, -0.2) is 56.5 Å². The van der Waals surface area contributed by atoms with Crippen molar-refractivity contribution in [3.8, 4) is 0 Å². The normalized spacial score (nSPS) is 11.9. The third-order valence-corrected chi connectivity index (χ3v) is 4.06. The number of likely N-dealkylation sites (N-methyl/N-ethyl adjacent to an activating group) is 2. The maximum absolute atomic E-state index is 12.3. The van der Waals surface area contributed by atoms with E-state index in [-0.39, 0.29) is 24.4 Å². The van der Waals surface area contributed by atoms with E-state index >= 15 is 0 Å². The minimum absolute atomic E-state index is 0.0230. The van der Waals surface area contributed by atoms with Crippen LogP contribution >= 0.6 is 0 Å². The van der Waals surface area contributed by atoms with E-state index in [0.29, 0.717) is 12.2 Å². The predicted octanol–water partition coefficient (Wildman–Crippen LogP) is 2.33. The van der Waals surface area contributed by atoms with Crippen LogP contribution in [0.15, 0.2) is 47.1 Å². The summed E-state index contributed by atoms with van der Waals surface area (Å²) >= 11 is 0. The molecule has 7 heteroatoms. The summed E-state index contributed by atoms with van der Waals surface area (Å²) in [4.78, 5) is 27.8.